The molecule has 1 N–H and O–H groups in total. The van der Waals surface area contributed by atoms with Crippen LogP contribution in [0, 0.1) is 6.92 Å². The van der Waals surface area contributed by atoms with E-state index >= 15 is 0 Å². The van der Waals surface area contributed by atoms with Gasteiger partial charge in [-0.3, -0.25) is 9.59 Å². The van der Waals surface area contributed by atoms with E-state index in [0.717, 1.165) is 5.56 Å². The van der Waals surface area contributed by atoms with Gasteiger partial charge in [0.05, 0.1) is 10.8 Å². The first-order chi connectivity index (χ1) is 9.02. The third-order valence-corrected chi connectivity index (χ3v) is 4.07. The minimum atomic E-state index is -0.885. The van der Waals surface area contributed by atoms with Crippen molar-refractivity contribution in [3.05, 3.63) is 57.3 Å². The zero-order valence-electron chi connectivity index (χ0n) is 10.7. The summed E-state index contributed by atoms with van der Waals surface area (Å²) >= 11 is 1.39. The second-order valence-electron chi connectivity index (χ2n) is 4.39. The van der Waals surface area contributed by atoms with E-state index in [9.17, 15) is 9.59 Å². The molecule has 19 heavy (non-hydrogen) atoms. The van der Waals surface area contributed by atoms with Crippen LogP contribution in [0.3, 0.4) is 0 Å². The highest BCUT2D eigenvalue weighted by Crippen LogP contribution is 2.25. The van der Waals surface area contributed by atoms with Crippen LogP contribution in [-0.4, -0.2) is 16.9 Å². The highest BCUT2D eigenvalue weighted by Gasteiger charge is 2.20. The van der Waals surface area contributed by atoms with E-state index in [1.807, 2.05) is 11.4 Å². The maximum atomic E-state index is 12.3. The molecule has 0 bridgehead atoms. The van der Waals surface area contributed by atoms with Gasteiger partial charge in [0.25, 0.3) is 0 Å². The molecule has 0 fully saturated rings. The largest absolute Gasteiger partial charge is 0.481 e. The number of carboxylic acid groups (broad SMARTS) is 1. The molecule has 1 heterocycles. The van der Waals surface area contributed by atoms with Gasteiger partial charge in [0.1, 0.15) is 0 Å². The molecule has 0 saturated heterocycles. The number of carboxylic acids is 1. The summed E-state index contributed by atoms with van der Waals surface area (Å²) in [7, 11) is 0. The summed E-state index contributed by atoms with van der Waals surface area (Å²) in [6, 6.07) is 8.86. The summed E-state index contributed by atoms with van der Waals surface area (Å²) in [4.78, 5) is 24.1. The maximum Gasteiger partial charge on any atom is 0.310 e. The van der Waals surface area contributed by atoms with Gasteiger partial charge in [-0.05, 0) is 36.4 Å². The summed E-state index contributed by atoms with van der Waals surface area (Å²) in [6.45, 7) is 3.43. The molecule has 1 unspecified atom stereocenters. The average molecular weight is 274 g/mol. The Hall–Kier alpha value is -1.94. The zero-order valence-corrected chi connectivity index (χ0v) is 11.5. The SMILES string of the molecule is Cc1c(C(=O)c2cccs2)cccc1C(C)C(=O)O. The van der Waals surface area contributed by atoms with Crippen LogP contribution in [0.15, 0.2) is 35.7 Å². The topological polar surface area (TPSA) is 54.4 Å². The number of aliphatic carboxylic acids is 1. The molecule has 0 amide bonds. The Morgan fingerprint density at radius 2 is 1.95 bits per heavy atom. The highest BCUT2D eigenvalue weighted by molar-refractivity contribution is 7.12. The molecule has 3 nitrogen and oxygen atoms in total. The van der Waals surface area contributed by atoms with Crippen LogP contribution in [-0.2, 0) is 4.79 Å². The van der Waals surface area contributed by atoms with Crippen molar-refractivity contribution in [1.29, 1.82) is 0 Å². The van der Waals surface area contributed by atoms with Crippen LogP contribution in [0.2, 0.25) is 0 Å². The summed E-state index contributed by atoms with van der Waals surface area (Å²) in [5.41, 5.74) is 2.01. The Balaban J connectivity index is 2.46. The summed E-state index contributed by atoms with van der Waals surface area (Å²) in [5, 5.41) is 10.9. The van der Waals surface area contributed by atoms with Crippen LogP contribution < -0.4 is 0 Å². The van der Waals surface area contributed by atoms with E-state index in [-0.39, 0.29) is 5.78 Å². The number of benzene rings is 1. The lowest BCUT2D eigenvalue weighted by atomic mass is 9.91. The minimum Gasteiger partial charge on any atom is -0.481 e. The van der Waals surface area contributed by atoms with Gasteiger partial charge in [-0.25, -0.2) is 0 Å². The van der Waals surface area contributed by atoms with Gasteiger partial charge in [-0.2, -0.15) is 0 Å². The average Bonchev–Trinajstić information content (AvgIpc) is 2.91. The second-order valence-corrected chi connectivity index (χ2v) is 5.33. The second kappa shape index (κ2) is 5.36. The Kier molecular flexibility index (Phi) is 3.81. The first kappa shape index (κ1) is 13.5. The molecule has 0 aliphatic heterocycles. The Labute approximate surface area is 115 Å². The van der Waals surface area contributed by atoms with E-state index in [1.165, 1.54) is 11.3 Å². The molecule has 0 radical (unpaired) electrons. The molecule has 0 aliphatic rings. The fourth-order valence-electron chi connectivity index (χ4n) is 2.04. The van der Waals surface area contributed by atoms with E-state index in [2.05, 4.69) is 0 Å². The fourth-order valence-corrected chi connectivity index (χ4v) is 2.72. The number of carbonyl (C=O) groups is 2. The molecule has 1 aromatic carbocycles. The van der Waals surface area contributed by atoms with Gasteiger partial charge >= 0.3 is 5.97 Å². The van der Waals surface area contributed by atoms with Gasteiger partial charge in [0.2, 0.25) is 5.78 Å². The molecular formula is C15H14O3S. The minimum absolute atomic E-state index is 0.0491. The monoisotopic (exact) mass is 274 g/mol. The van der Waals surface area contributed by atoms with E-state index in [0.29, 0.717) is 16.0 Å². The zero-order chi connectivity index (χ0) is 14.0. The van der Waals surface area contributed by atoms with Crippen LogP contribution in [0.4, 0.5) is 0 Å². The van der Waals surface area contributed by atoms with Crippen LogP contribution in [0.5, 0.6) is 0 Å². The summed E-state index contributed by atoms with van der Waals surface area (Å²) in [6.07, 6.45) is 0. The van der Waals surface area contributed by atoms with Gasteiger partial charge in [-0.15, -0.1) is 11.3 Å². The Bertz CT molecular complexity index is 614. The highest BCUT2D eigenvalue weighted by atomic mass is 32.1. The van der Waals surface area contributed by atoms with Crippen molar-refractivity contribution < 1.29 is 14.7 Å². The van der Waals surface area contributed by atoms with Crippen LogP contribution in [0.25, 0.3) is 0 Å². The maximum absolute atomic E-state index is 12.3. The van der Waals surface area contributed by atoms with Gasteiger partial charge in [0.15, 0.2) is 0 Å². The molecular weight excluding hydrogens is 260 g/mol. The van der Waals surface area contributed by atoms with E-state index in [4.69, 9.17) is 5.11 Å². The number of carbonyl (C=O) groups excluding carboxylic acids is 1. The quantitative estimate of drug-likeness (QED) is 0.868. The van der Waals surface area contributed by atoms with Crippen molar-refractivity contribution in [1.82, 2.24) is 0 Å². The van der Waals surface area contributed by atoms with E-state index in [1.54, 1.807) is 38.1 Å². The number of rotatable bonds is 4. The van der Waals surface area contributed by atoms with Gasteiger partial charge in [0, 0.05) is 5.56 Å². The van der Waals surface area contributed by atoms with Crippen molar-refractivity contribution in [3.8, 4) is 0 Å². The fraction of sp³-hybridized carbons (Fsp3) is 0.200. The molecule has 2 aromatic rings. The third-order valence-electron chi connectivity index (χ3n) is 3.20. The Morgan fingerprint density at radius 1 is 1.21 bits per heavy atom. The van der Waals surface area contributed by atoms with Crippen molar-refractivity contribution in [2.75, 3.05) is 0 Å². The lowest BCUT2D eigenvalue weighted by molar-refractivity contribution is -0.138. The van der Waals surface area contributed by atoms with Crippen molar-refractivity contribution in [2.24, 2.45) is 0 Å². The summed E-state index contributed by atoms with van der Waals surface area (Å²) in [5.74, 6) is -1.55. The molecule has 4 heteroatoms. The molecule has 1 atom stereocenters. The number of hydrogen-bond acceptors (Lipinski definition) is 3. The molecule has 1 aromatic heterocycles. The standard InChI is InChI=1S/C15H14O3S/c1-9-11(10(2)15(17)18)5-3-6-12(9)14(16)13-7-4-8-19-13/h3-8,10H,1-2H3,(H,17,18). The number of hydrogen-bond donors (Lipinski definition) is 1. The van der Waals surface area contributed by atoms with Gasteiger partial charge in [-0.1, -0.05) is 24.3 Å². The van der Waals surface area contributed by atoms with Crippen LogP contribution >= 0.6 is 11.3 Å². The predicted molar refractivity (Wildman–Crippen MR) is 75.0 cm³/mol. The number of thiophene rings is 1. The predicted octanol–water partition coefficient (Wildman–Crippen LogP) is 3.48. The summed E-state index contributed by atoms with van der Waals surface area (Å²) < 4.78 is 0. The smallest absolute Gasteiger partial charge is 0.310 e. The molecule has 0 aliphatic carbocycles. The van der Waals surface area contributed by atoms with Crippen molar-refractivity contribution >= 4 is 23.1 Å². The number of ketones is 1. The molecule has 0 spiro atoms. The lowest BCUT2D eigenvalue weighted by Gasteiger charge is -2.13. The normalized spacial score (nSPS) is 12.1. The van der Waals surface area contributed by atoms with Crippen molar-refractivity contribution in [3.63, 3.8) is 0 Å². The molecule has 0 saturated carbocycles. The lowest BCUT2D eigenvalue weighted by Crippen LogP contribution is -2.11. The molecule has 2 rings (SSSR count). The Morgan fingerprint density at radius 3 is 2.53 bits per heavy atom. The van der Waals surface area contributed by atoms with Crippen LogP contribution in [0.1, 0.15) is 39.2 Å². The first-order valence-electron chi connectivity index (χ1n) is 5.93. The van der Waals surface area contributed by atoms with Crippen molar-refractivity contribution in [2.45, 2.75) is 19.8 Å². The molecule has 98 valence electrons. The third kappa shape index (κ3) is 2.58. The van der Waals surface area contributed by atoms with Gasteiger partial charge < -0.3 is 5.11 Å². The first-order valence-corrected chi connectivity index (χ1v) is 6.81. The van der Waals surface area contributed by atoms with E-state index < -0.39 is 11.9 Å².